The molecule has 0 bridgehead atoms. The number of carbonyl (C=O) groups is 2. The average Bonchev–Trinajstić information content (AvgIpc) is 2.40. The number of carbonyl (C=O) groups excluding carboxylic acids is 2. The topological polar surface area (TPSA) is 43.4 Å². The number of hydrogen-bond donors (Lipinski definition) is 0. The molecule has 0 amide bonds. The second kappa shape index (κ2) is 7.63. The van der Waals surface area contributed by atoms with Crippen molar-refractivity contribution in [3.63, 3.8) is 0 Å². The Hall–Kier alpha value is -1.90. The molecule has 1 unspecified atom stereocenters. The second-order valence-corrected chi connectivity index (χ2v) is 4.85. The van der Waals surface area contributed by atoms with Crippen LogP contribution in [0.1, 0.15) is 49.5 Å². The highest BCUT2D eigenvalue weighted by molar-refractivity contribution is 5.93. The molecule has 0 fully saturated rings. The van der Waals surface area contributed by atoms with Crippen molar-refractivity contribution in [3.8, 4) is 0 Å². The second-order valence-electron chi connectivity index (χ2n) is 4.85. The van der Waals surface area contributed by atoms with Crippen molar-refractivity contribution in [2.45, 2.75) is 40.5 Å². The first-order valence-electron chi connectivity index (χ1n) is 7.07. The normalized spacial score (nSPS) is 17.7. The fraction of sp³-hybridized carbons (Fsp3) is 0.412. The average molecular weight is 274 g/mol. The lowest BCUT2D eigenvalue weighted by Crippen LogP contribution is -2.15. The van der Waals surface area contributed by atoms with E-state index in [0.29, 0.717) is 24.2 Å². The fourth-order valence-electron chi connectivity index (χ4n) is 2.00. The third kappa shape index (κ3) is 4.65. The largest absolute Gasteiger partial charge is 0.427 e. The fourth-order valence-corrected chi connectivity index (χ4v) is 2.00. The maximum atomic E-state index is 11.9. The Kier molecular flexibility index (Phi) is 6.16. The summed E-state index contributed by atoms with van der Waals surface area (Å²) >= 11 is 0. The van der Waals surface area contributed by atoms with Crippen molar-refractivity contribution >= 4 is 11.8 Å². The molecule has 1 aliphatic rings. The van der Waals surface area contributed by atoms with Gasteiger partial charge in [-0.2, -0.15) is 0 Å². The van der Waals surface area contributed by atoms with E-state index >= 15 is 0 Å². The smallest absolute Gasteiger partial charge is 0.343 e. The molecule has 0 radical (unpaired) electrons. The van der Waals surface area contributed by atoms with Crippen LogP contribution in [-0.2, 0) is 9.53 Å². The predicted octanol–water partition coefficient (Wildman–Crippen LogP) is 4.06. The summed E-state index contributed by atoms with van der Waals surface area (Å²) in [5, 5.41) is 0. The summed E-state index contributed by atoms with van der Waals surface area (Å²) in [5.74, 6) is 0.344. The van der Waals surface area contributed by atoms with Crippen molar-refractivity contribution in [2.75, 3.05) is 0 Å². The van der Waals surface area contributed by atoms with Crippen molar-refractivity contribution in [1.82, 2.24) is 0 Å². The number of esters is 1. The Morgan fingerprint density at radius 2 is 1.75 bits per heavy atom. The number of ether oxygens (including phenoxy) is 1. The van der Waals surface area contributed by atoms with Crippen LogP contribution in [0.25, 0.3) is 0 Å². The van der Waals surface area contributed by atoms with E-state index in [9.17, 15) is 9.59 Å². The maximum absolute atomic E-state index is 11.9. The van der Waals surface area contributed by atoms with Gasteiger partial charge in [0.05, 0.1) is 5.56 Å². The Balaban J connectivity index is 0.000000956. The molecule has 0 spiro atoms. The Bertz CT molecular complexity index is 497. The molecule has 3 heteroatoms. The molecular weight excluding hydrogens is 252 g/mol. The first-order valence-corrected chi connectivity index (χ1v) is 7.07. The van der Waals surface area contributed by atoms with E-state index in [1.54, 1.807) is 12.1 Å². The summed E-state index contributed by atoms with van der Waals surface area (Å²) in [5.41, 5.74) is 1.60. The molecule has 1 atom stereocenters. The number of allylic oxidation sites excluding steroid dienone is 2. The van der Waals surface area contributed by atoms with E-state index in [4.69, 9.17) is 4.74 Å². The molecule has 1 aromatic carbocycles. The minimum absolute atomic E-state index is 0.0282. The molecule has 1 aliphatic carbocycles. The quantitative estimate of drug-likeness (QED) is 0.764. The molecule has 0 aliphatic heterocycles. The number of hydrogen-bond acceptors (Lipinski definition) is 3. The molecule has 0 N–H and O–H groups in total. The summed E-state index contributed by atoms with van der Waals surface area (Å²) in [6, 6.07) is 7.18. The molecule has 1 aromatic rings. The lowest BCUT2D eigenvalue weighted by atomic mass is 9.94. The summed E-state index contributed by atoms with van der Waals surface area (Å²) in [4.78, 5) is 23.2. The van der Waals surface area contributed by atoms with Crippen LogP contribution in [0, 0.1) is 12.8 Å². The third-order valence-corrected chi connectivity index (χ3v) is 2.93. The zero-order valence-corrected chi connectivity index (χ0v) is 12.6. The van der Waals surface area contributed by atoms with Crippen molar-refractivity contribution in [3.05, 3.63) is 47.2 Å². The van der Waals surface area contributed by atoms with Gasteiger partial charge in [0, 0.05) is 18.9 Å². The van der Waals surface area contributed by atoms with Gasteiger partial charge in [0.25, 0.3) is 0 Å². The van der Waals surface area contributed by atoms with E-state index in [1.807, 2.05) is 39.8 Å². The van der Waals surface area contributed by atoms with Gasteiger partial charge in [-0.15, -0.1) is 0 Å². The predicted molar refractivity (Wildman–Crippen MR) is 79.4 cm³/mol. The molecule has 0 saturated heterocycles. The van der Waals surface area contributed by atoms with E-state index in [0.717, 1.165) is 5.56 Å². The van der Waals surface area contributed by atoms with E-state index in [2.05, 4.69) is 0 Å². The summed E-state index contributed by atoms with van der Waals surface area (Å²) in [6.45, 7) is 7.93. The zero-order valence-electron chi connectivity index (χ0n) is 12.6. The molecule has 20 heavy (non-hydrogen) atoms. The van der Waals surface area contributed by atoms with Gasteiger partial charge in [-0.3, -0.25) is 4.79 Å². The van der Waals surface area contributed by atoms with Gasteiger partial charge < -0.3 is 4.74 Å². The van der Waals surface area contributed by atoms with Crippen LogP contribution in [0.5, 0.6) is 0 Å². The van der Waals surface area contributed by atoms with Crippen molar-refractivity contribution in [1.29, 1.82) is 0 Å². The van der Waals surface area contributed by atoms with Crippen LogP contribution in [0.15, 0.2) is 36.1 Å². The van der Waals surface area contributed by atoms with Crippen LogP contribution in [0.4, 0.5) is 0 Å². The standard InChI is InChI=1S/C15H16O3.C2H6/c1-10-3-5-12(6-4-10)15(17)18-14-8-11(2)7-13(16)9-14;1-2/h3-6,9,11H,7-8H2,1-2H3;1-2H3. The molecule has 3 nitrogen and oxygen atoms in total. The van der Waals surface area contributed by atoms with Crippen LogP contribution >= 0.6 is 0 Å². The van der Waals surface area contributed by atoms with Gasteiger partial charge in [0.2, 0.25) is 0 Å². The highest BCUT2D eigenvalue weighted by Gasteiger charge is 2.20. The molecule has 0 saturated carbocycles. The summed E-state index contributed by atoms with van der Waals surface area (Å²) in [6.07, 6.45) is 2.61. The van der Waals surface area contributed by atoms with Crippen molar-refractivity contribution < 1.29 is 14.3 Å². The van der Waals surface area contributed by atoms with Crippen LogP contribution < -0.4 is 0 Å². The first-order chi connectivity index (χ1) is 9.54. The third-order valence-electron chi connectivity index (χ3n) is 2.93. The number of rotatable bonds is 2. The molecule has 108 valence electrons. The Morgan fingerprint density at radius 3 is 2.30 bits per heavy atom. The first kappa shape index (κ1) is 16.2. The van der Waals surface area contributed by atoms with Crippen LogP contribution in [0.3, 0.4) is 0 Å². The highest BCUT2D eigenvalue weighted by Crippen LogP contribution is 2.23. The Labute approximate surface area is 120 Å². The Morgan fingerprint density at radius 1 is 1.15 bits per heavy atom. The SMILES string of the molecule is CC.Cc1ccc(C(=O)OC2=CC(=O)CC(C)C2)cc1. The van der Waals surface area contributed by atoms with Gasteiger partial charge in [-0.05, 0) is 25.0 Å². The van der Waals surface area contributed by atoms with Crippen LogP contribution in [-0.4, -0.2) is 11.8 Å². The van der Waals surface area contributed by atoms with E-state index < -0.39 is 5.97 Å². The van der Waals surface area contributed by atoms with Gasteiger partial charge in [-0.1, -0.05) is 38.5 Å². The molecule has 0 heterocycles. The minimum Gasteiger partial charge on any atom is -0.427 e. The summed E-state index contributed by atoms with van der Waals surface area (Å²) in [7, 11) is 0. The van der Waals surface area contributed by atoms with Gasteiger partial charge >= 0.3 is 5.97 Å². The van der Waals surface area contributed by atoms with Gasteiger partial charge in [-0.25, -0.2) is 4.79 Å². The van der Waals surface area contributed by atoms with E-state index in [1.165, 1.54) is 6.08 Å². The number of aryl methyl sites for hydroxylation is 1. The van der Waals surface area contributed by atoms with E-state index in [-0.39, 0.29) is 11.7 Å². The molecular formula is C17H22O3. The van der Waals surface area contributed by atoms with Crippen molar-refractivity contribution in [2.24, 2.45) is 5.92 Å². The zero-order chi connectivity index (χ0) is 15.1. The van der Waals surface area contributed by atoms with Gasteiger partial charge in [0.1, 0.15) is 5.76 Å². The monoisotopic (exact) mass is 274 g/mol. The summed E-state index contributed by atoms with van der Waals surface area (Å²) < 4.78 is 5.26. The number of ketones is 1. The number of benzene rings is 1. The van der Waals surface area contributed by atoms with Gasteiger partial charge in [0.15, 0.2) is 5.78 Å². The maximum Gasteiger partial charge on any atom is 0.343 e. The lowest BCUT2D eigenvalue weighted by molar-refractivity contribution is -0.116. The molecule has 0 aromatic heterocycles. The molecule has 2 rings (SSSR count). The lowest BCUT2D eigenvalue weighted by Gasteiger charge is -2.17. The highest BCUT2D eigenvalue weighted by atomic mass is 16.5. The minimum atomic E-state index is -0.400. The van der Waals surface area contributed by atoms with Crippen LogP contribution in [0.2, 0.25) is 0 Å².